The second-order valence-corrected chi connectivity index (χ2v) is 4.35. The lowest BCUT2D eigenvalue weighted by molar-refractivity contribution is -0.137. The van der Waals surface area contributed by atoms with E-state index < -0.39 is 18.0 Å². The molecule has 0 fully saturated rings. The Kier molecular flexibility index (Phi) is 5.44. The van der Waals surface area contributed by atoms with Gasteiger partial charge in [0.05, 0.1) is 18.6 Å². The van der Waals surface area contributed by atoms with Crippen molar-refractivity contribution in [3.8, 4) is 5.75 Å². The summed E-state index contributed by atoms with van der Waals surface area (Å²) in [5.41, 5.74) is 0.492. The van der Waals surface area contributed by atoms with E-state index in [1.54, 1.807) is 25.1 Å². The van der Waals surface area contributed by atoms with Gasteiger partial charge in [-0.05, 0) is 25.1 Å². The maximum absolute atomic E-state index is 11.6. The molecule has 1 aromatic rings. The van der Waals surface area contributed by atoms with E-state index in [0.717, 1.165) is 0 Å². The molecular formula is C12H15ClN2O4. The topological polar surface area (TPSA) is 87.7 Å². The van der Waals surface area contributed by atoms with Crippen LogP contribution in [0.1, 0.15) is 13.3 Å². The maximum Gasteiger partial charge on any atom is 0.319 e. The summed E-state index contributed by atoms with van der Waals surface area (Å²) in [5.74, 6) is -0.466. The van der Waals surface area contributed by atoms with Crippen LogP contribution in [-0.4, -0.2) is 30.3 Å². The first kappa shape index (κ1) is 15.1. The zero-order chi connectivity index (χ0) is 14.4. The van der Waals surface area contributed by atoms with E-state index >= 15 is 0 Å². The van der Waals surface area contributed by atoms with E-state index in [-0.39, 0.29) is 6.42 Å². The molecule has 0 saturated carbocycles. The molecule has 1 rings (SSSR count). The van der Waals surface area contributed by atoms with Crippen LogP contribution in [0.2, 0.25) is 5.02 Å². The average molecular weight is 287 g/mol. The van der Waals surface area contributed by atoms with Crippen LogP contribution < -0.4 is 15.4 Å². The maximum atomic E-state index is 11.6. The highest BCUT2D eigenvalue weighted by molar-refractivity contribution is 6.32. The zero-order valence-corrected chi connectivity index (χ0v) is 11.3. The van der Waals surface area contributed by atoms with Crippen molar-refractivity contribution in [2.45, 2.75) is 19.4 Å². The van der Waals surface area contributed by atoms with Gasteiger partial charge in [-0.3, -0.25) is 4.79 Å². The number of carbonyl (C=O) groups excluding carboxylic acids is 1. The molecule has 1 aromatic carbocycles. The van der Waals surface area contributed by atoms with Crippen molar-refractivity contribution < 1.29 is 19.4 Å². The number of hydrogen-bond donors (Lipinski definition) is 3. The van der Waals surface area contributed by atoms with Gasteiger partial charge in [0.25, 0.3) is 0 Å². The Morgan fingerprint density at radius 2 is 2.16 bits per heavy atom. The number of urea groups is 1. The van der Waals surface area contributed by atoms with Crippen LogP contribution in [0.25, 0.3) is 0 Å². The summed E-state index contributed by atoms with van der Waals surface area (Å²) < 4.78 is 4.99. The molecule has 104 valence electrons. The van der Waals surface area contributed by atoms with Crippen molar-refractivity contribution in [3.05, 3.63) is 23.2 Å². The Labute approximate surface area is 115 Å². The first-order chi connectivity index (χ1) is 8.92. The first-order valence-corrected chi connectivity index (χ1v) is 5.93. The number of methoxy groups -OCH3 is 1. The van der Waals surface area contributed by atoms with E-state index in [1.165, 1.54) is 7.11 Å². The van der Waals surface area contributed by atoms with Crippen molar-refractivity contribution >= 4 is 29.3 Å². The molecule has 7 heteroatoms. The summed E-state index contributed by atoms with van der Waals surface area (Å²) in [7, 11) is 1.49. The van der Waals surface area contributed by atoms with E-state index in [9.17, 15) is 9.59 Å². The van der Waals surface area contributed by atoms with E-state index in [2.05, 4.69) is 10.6 Å². The number of carbonyl (C=O) groups is 2. The number of carboxylic acids is 1. The fourth-order valence-electron chi connectivity index (χ4n) is 1.45. The number of nitrogens with one attached hydrogen (secondary N) is 2. The van der Waals surface area contributed by atoms with E-state index in [4.69, 9.17) is 21.4 Å². The Balaban J connectivity index is 2.57. The average Bonchev–Trinajstić information content (AvgIpc) is 2.27. The number of halogens is 1. The molecule has 3 N–H and O–H groups in total. The second-order valence-electron chi connectivity index (χ2n) is 3.95. The number of anilines is 1. The number of hydrogen-bond acceptors (Lipinski definition) is 3. The lowest BCUT2D eigenvalue weighted by atomic mass is 10.2. The number of carboxylic acid groups (broad SMARTS) is 1. The molecule has 1 unspecified atom stereocenters. The van der Waals surface area contributed by atoms with Gasteiger partial charge in [-0.2, -0.15) is 0 Å². The predicted molar refractivity (Wildman–Crippen MR) is 71.9 cm³/mol. The highest BCUT2D eigenvalue weighted by atomic mass is 35.5. The lowest BCUT2D eigenvalue weighted by Crippen LogP contribution is -2.37. The quantitative estimate of drug-likeness (QED) is 0.775. The number of benzene rings is 1. The highest BCUT2D eigenvalue weighted by Gasteiger charge is 2.11. The Hall–Kier alpha value is -1.95. The SMILES string of the molecule is COc1ccc(NC(=O)NC(C)CC(=O)O)cc1Cl. The third-order valence-corrected chi connectivity index (χ3v) is 2.56. The summed E-state index contributed by atoms with van der Waals surface area (Å²) in [6.45, 7) is 1.61. The van der Waals surface area contributed by atoms with Crippen molar-refractivity contribution in [2.24, 2.45) is 0 Å². The third-order valence-electron chi connectivity index (χ3n) is 2.27. The number of amides is 2. The van der Waals surface area contributed by atoms with Gasteiger partial charge in [0.15, 0.2) is 0 Å². The molecule has 0 radical (unpaired) electrons. The molecule has 1 atom stereocenters. The largest absolute Gasteiger partial charge is 0.495 e. The molecule has 0 aliphatic carbocycles. The first-order valence-electron chi connectivity index (χ1n) is 5.55. The van der Waals surface area contributed by atoms with Crippen molar-refractivity contribution in [2.75, 3.05) is 12.4 Å². The van der Waals surface area contributed by atoms with Crippen molar-refractivity contribution in [1.82, 2.24) is 5.32 Å². The van der Waals surface area contributed by atoms with E-state index in [0.29, 0.717) is 16.5 Å². The Morgan fingerprint density at radius 1 is 1.47 bits per heavy atom. The standard InChI is InChI=1S/C12H15ClN2O4/c1-7(5-11(16)17)14-12(18)15-8-3-4-10(19-2)9(13)6-8/h3-4,6-7H,5H2,1-2H3,(H,16,17)(H2,14,15,18). The predicted octanol–water partition coefficient (Wildman–Crippen LogP) is 2.33. The summed E-state index contributed by atoms with van der Waals surface area (Å²) in [4.78, 5) is 22.0. The van der Waals surface area contributed by atoms with Gasteiger partial charge in [0.2, 0.25) is 0 Å². The molecule has 0 aromatic heterocycles. The molecule has 0 spiro atoms. The molecular weight excluding hydrogens is 272 g/mol. The molecule has 6 nitrogen and oxygen atoms in total. The summed E-state index contributed by atoms with van der Waals surface area (Å²) in [6.07, 6.45) is -0.142. The van der Waals surface area contributed by atoms with Crippen LogP contribution in [-0.2, 0) is 4.79 Å². The molecule has 0 bridgehead atoms. The number of ether oxygens (including phenoxy) is 1. The van der Waals surface area contributed by atoms with Gasteiger partial charge in [0.1, 0.15) is 5.75 Å². The van der Waals surface area contributed by atoms with Gasteiger partial charge in [-0.25, -0.2) is 4.79 Å². The van der Waals surface area contributed by atoms with Crippen molar-refractivity contribution in [3.63, 3.8) is 0 Å². The summed E-state index contributed by atoms with van der Waals surface area (Å²) >= 11 is 5.91. The third kappa shape index (κ3) is 5.05. The second kappa shape index (κ2) is 6.84. The molecule has 2 amide bonds. The monoisotopic (exact) mass is 286 g/mol. The van der Waals surface area contributed by atoms with Crippen LogP contribution in [0.5, 0.6) is 5.75 Å². The molecule has 19 heavy (non-hydrogen) atoms. The summed E-state index contributed by atoms with van der Waals surface area (Å²) in [5, 5.41) is 14.0. The highest BCUT2D eigenvalue weighted by Crippen LogP contribution is 2.27. The van der Waals surface area contributed by atoms with Crippen LogP contribution in [0.4, 0.5) is 10.5 Å². The number of aliphatic carboxylic acids is 1. The molecule has 0 heterocycles. The van der Waals surface area contributed by atoms with Crippen LogP contribution in [0.15, 0.2) is 18.2 Å². The fourth-order valence-corrected chi connectivity index (χ4v) is 1.71. The van der Waals surface area contributed by atoms with E-state index in [1.807, 2.05) is 0 Å². The van der Waals surface area contributed by atoms with Crippen molar-refractivity contribution in [1.29, 1.82) is 0 Å². The minimum absolute atomic E-state index is 0.142. The minimum atomic E-state index is -0.972. The van der Waals surface area contributed by atoms with Gasteiger partial charge in [-0.1, -0.05) is 11.6 Å². The lowest BCUT2D eigenvalue weighted by Gasteiger charge is -2.13. The smallest absolute Gasteiger partial charge is 0.319 e. The Morgan fingerprint density at radius 3 is 2.68 bits per heavy atom. The summed E-state index contributed by atoms with van der Waals surface area (Å²) in [6, 6.07) is 3.84. The fraction of sp³-hybridized carbons (Fsp3) is 0.333. The molecule has 0 saturated heterocycles. The van der Waals surface area contributed by atoms with Gasteiger partial charge in [0, 0.05) is 11.7 Å². The van der Waals surface area contributed by atoms with Crippen LogP contribution >= 0.6 is 11.6 Å². The minimum Gasteiger partial charge on any atom is -0.495 e. The Bertz CT molecular complexity index is 479. The zero-order valence-electron chi connectivity index (χ0n) is 10.6. The van der Waals surface area contributed by atoms with Gasteiger partial charge >= 0.3 is 12.0 Å². The molecule has 0 aliphatic heterocycles. The van der Waals surface area contributed by atoms with Crippen LogP contribution in [0, 0.1) is 0 Å². The number of rotatable bonds is 5. The molecule has 0 aliphatic rings. The van der Waals surface area contributed by atoms with Gasteiger partial charge in [-0.15, -0.1) is 0 Å². The van der Waals surface area contributed by atoms with Gasteiger partial charge < -0.3 is 20.5 Å². The van der Waals surface area contributed by atoms with Crippen LogP contribution in [0.3, 0.4) is 0 Å². The normalized spacial score (nSPS) is 11.5.